The third-order valence-corrected chi connectivity index (χ3v) is 7.79. The number of esters is 1. The topological polar surface area (TPSA) is 38.3 Å². The normalized spacial score (nSPS) is 19.1. The van der Waals surface area contributed by atoms with Crippen molar-refractivity contribution in [3.63, 3.8) is 0 Å². The average molecular weight is 458 g/mol. The van der Waals surface area contributed by atoms with Crippen molar-refractivity contribution >= 4 is 5.97 Å². The fraction of sp³-hybridized carbons (Fsp3) is 0.516. The van der Waals surface area contributed by atoms with E-state index in [1.54, 1.807) is 0 Å². The zero-order valence-corrected chi connectivity index (χ0v) is 21.7. The molecule has 0 bridgehead atoms. The van der Waals surface area contributed by atoms with E-state index in [4.69, 9.17) is 4.74 Å². The van der Waals surface area contributed by atoms with Crippen molar-refractivity contribution in [3.05, 3.63) is 69.8 Å². The minimum atomic E-state index is -0.676. The summed E-state index contributed by atoms with van der Waals surface area (Å²) in [5.41, 5.74) is 6.87. The molecular weight excluding hydrogens is 418 g/mol. The average Bonchev–Trinajstić information content (AvgIpc) is 3.66. The van der Waals surface area contributed by atoms with Gasteiger partial charge in [0.1, 0.15) is 0 Å². The van der Waals surface area contributed by atoms with Gasteiger partial charge in [0.25, 0.3) is 0 Å². The summed E-state index contributed by atoms with van der Waals surface area (Å²) in [6, 6.07) is 13.0. The molecule has 3 nitrogen and oxygen atoms in total. The van der Waals surface area contributed by atoms with Crippen LogP contribution in [0, 0.1) is 17.8 Å². The van der Waals surface area contributed by atoms with Crippen LogP contribution >= 0.6 is 0 Å². The summed E-state index contributed by atoms with van der Waals surface area (Å²) in [7, 11) is 1.43. The molecule has 0 amide bonds. The molecule has 180 valence electrons. The van der Waals surface area contributed by atoms with Crippen LogP contribution < -0.4 is 5.32 Å². The van der Waals surface area contributed by atoms with E-state index in [2.05, 4.69) is 50.1 Å². The molecule has 0 saturated heterocycles. The molecule has 1 unspecified atom stereocenters. The molecular formula is C31H39NO2. The molecule has 0 aromatic heterocycles. The molecule has 34 heavy (non-hydrogen) atoms. The SMILES string of the molecule is CCc1cc(C#Cc2ccc(C(C)(C)C(=O)OC)cc2)cc2c1C(NCC1CC1)CCC2(C)C. The monoisotopic (exact) mass is 457 g/mol. The molecule has 0 aliphatic heterocycles. The highest BCUT2D eigenvalue weighted by Crippen LogP contribution is 2.44. The van der Waals surface area contributed by atoms with E-state index in [1.165, 1.54) is 49.5 Å². The molecule has 4 rings (SSSR count). The Hall–Kier alpha value is -2.57. The zero-order chi connectivity index (χ0) is 24.5. The first-order valence-electron chi connectivity index (χ1n) is 12.8. The second-order valence-corrected chi connectivity index (χ2v) is 11.2. The van der Waals surface area contributed by atoms with Crippen LogP contribution in [0.1, 0.15) is 99.7 Å². The highest BCUT2D eigenvalue weighted by atomic mass is 16.5. The lowest BCUT2D eigenvalue weighted by atomic mass is 9.69. The van der Waals surface area contributed by atoms with Gasteiger partial charge in [0, 0.05) is 17.2 Å². The van der Waals surface area contributed by atoms with Gasteiger partial charge in [-0.3, -0.25) is 4.79 Å². The number of hydrogen-bond donors (Lipinski definition) is 1. The smallest absolute Gasteiger partial charge is 0.315 e. The molecule has 1 N–H and O–H groups in total. The van der Waals surface area contributed by atoms with E-state index in [9.17, 15) is 4.79 Å². The van der Waals surface area contributed by atoms with Crippen molar-refractivity contribution in [1.82, 2.24) is 5.32 Å². The molecule has 2 aliphatic rings. The quantitative estimate of drug-likeness (QED) is 0.414. The Balaban J connectivity index is 1.62. The van der Waals surface area contributed by atoms with Gasteiger partial charge in [-0.25, -0.2) is 0 Å². The van der Waals surface area contributed by atoms with Gasteiger partial charge in [-0.15, -0.1) is 0 Å². The number of benzene rings is 2. The van der Waals surface area contributed by atoms with Crippen LogP contribution in [-0.4, -0.2) is 19.6 Å². The predicted octanol–water partition coefficient (Wildman–Crippen LogP) is 6.21. The minimum absolute atomic E-state index is 0.163. The van der Waals surface area contributed by atoms with E-state index < -0.39 is 5.41 Å². The summed E-state index contributed by atoms with van der Waals surface area (Å²) in [6.07, 6.45) is 6.19. The number of fused-ring (bicyclic) bond motifs is 1. The summed E-state index contributed by atoms with van der Waals surface area (Å²) in [5.74, 6) is 7.43. The standard InChI is InChI=1S/C31H39NO2/c1-7-24-18-23(11-8-21-12-14-25(15-13-21)31(4,5)29(33)34-6)19-26-28(24)27(16-17-30(26,2)3)32-20-22-9-10-22/h12-15,18-19,22,27,32H,7,9-10,16-17,20H2,1-6H3. The van der Waals surface area contributed by atoms with E-state index in [1.807, 2.05) is 38.1 Å². The van der Waals surface area contributed by atoms with Gasteiger partial charge in [0.2, 0.25) is 0 Å². The Bertz CT molecular complexity index is 1110. The third kappa shape index (κ3) is 5.08. The van der Waals surface area contributed by atoms with Crippen molar-refractivity contribution in [2.45, 2.75) is 83.6 Å². The summed E-state index contributed by atoms with van der Waals surface area (Å²) >= 11 is 0. The summed E-state index contributed by atoms with van der Waals surface area (Å²) in [4.78, 5) is 12.1. The number of hydrogen-bond acceptors (Lipinski definition) is 3. The van der Waals surface area contributed by atoms with Crippen LogP contribution in [0.5, 0.6) is 0 Å². The van der Waals surface area contributed by atoms with Crippen LogP contribution in [-0.2, 0) is 26.8 Å². The van der Waals surface area contributed by atoms with Crippen LogP contribution in [0.15, 0.2) is 36.4 Å². The second kappa shape index (κ2) is 9.59. The number of aryl methyl sites for hydroxylation is 1. The second-order valence-electron chi connectivity index (χ2n) is 11.2. The molecule has 0 radical (unpaired) electrons. The molecule has 2 aromatic rings. The number of nitrogens with one attached hydrogen (secondary N) is 1. The van der Waals surface area contributed by atoms with Crippen molar-refractivity contribution in [2.75, 3.05) is 13.7 Å². The number of carbonyl (C=O) groups excluding carboxylic acids is 1. The lowest BCUT2D eigenvalue weighted by Crippen LogP contribution is -2.34. The summed E-state index contributed by atoms with van der Waals surface area (Å²) < 4.78 is 4.96. The molecule has 0 heterocycles. The van der Waals surface area contributed by atoms with Gasteiger partial charge in [-0.2, -0.15) is 0 Å². The van der Waals surface area contributed by atoms with E-state index in [0.29, 0.717) is 6.04 Å². The first kappa shape index (κ1) is 24.6. The van der Waals surface area contributed by atoms with Crippen LogP contribution in [0.2, 0.25) is 0 Å². The highest BCUT2D eigenvalue weighted by Gasteiger charge is 2.35. The van der Waals surface area contributed by atoms with E-state index in [0.717, 1.165) is 35.6 Å². The van der Waals surface area contributed by atoms with E-state index in [-0.39, 0.29) is 11.4 Å². The fourth-order valence-electron chi connectivity index (χ4n) is 5.16. The zero-order valence-electron chi connectivity index (χ0n) is 21.7. The lowest BCUT2D eigenvalue weighted by Gasteiger charge is -2.39. The Morgan fingerprint density at radius 1 is 1.09 bits per heavy atom. The maximum atomic E-state index is 12.1. The molecule has 2 aromatic carbocycles. The first-order valence-corrected chi connectivity index (χ1v) is 12.8. The van der Waals surface area contributed by atoms with Gasteiger partial charge in [-0.1, -0.05) is 44.7 Å². The molecule has 2 aliphatic carbocycles. The summed E-state index contributed by atoms with van der Waals surface area (Å²) in [5, 5.41) is 3.89. The molecule has 3 heteroatoms. The van der Waals surface area contributed by atoms with Gasteiger partial charge in [0.05, 0.1) is 12.5 Å². The van der Waals surface area contributed by atoms with Gasteiger partial charge >= 0.3 is 5.97 Å². The van der Waals surface area contributed by atoms with Crippen molar-refractivity contribution in [3.8, 4) is 11.8 Å². The Morgan fingerprint density at radius 3 is 2.38 bits per heavy atom. The Kier molecular flexibility index (Phi) is 6.92. The molecule has 1 fully saturated rings. The molecule has 1 saturated carbocycles. The maximum absolute atomic E-state index is 12.1. The van der Waals surface area contributed by atoms with Crippen LogP contribution in [0.25, 0.3) is 0 Å². The Labute approximate surface area is 205 Å². The van der Waals surface area contributed by atoms with Gasteiger partial charge in [0.15, 0.2) is 0 Å². The van der Waals surface area contributed by atoms with Crippen molar-refractivity contribution in [2.24, 2.45) is 5.92 Å². The van der Waals surface area contributed by atoms with Gasteiger partial charge < -0.3 is 10.1 Å². The fourth-order valence-corrected chi connectivity index (χ4v) is 5.16. The van der Waals surface area contributed by atoms with Gasteiger partial charge in [-0.05, 0) is 110 Å². The largest absolute Gasteiger partial charge is 0.468 e. The molecule has 1 atom stereocenters. The van der Waals surface area contributed by atoms with Crippen LogP contribution in [0.3, 0.4) is 0 Å². The highest BCUT2D eigenvalue weighted by molar-refractivity contribution is 5.82. The molecule has 0 spiro atoms. The summed E-state index contributed by atoms with van der Waals surface area (Å²) in [6.45, 7) is 11.9. The number of carbonyl (C=O) groups is 1. The number of methoxy groups -OCH3 is 1. The van der Waals surface area contributed by atoms with E-state index >= 15 is 0 Å². The predicted molar refractivity (Wildman–Crippen MR) is 139 cm³/mol. The first-order chi connectivity index (χ1) is 16.2. The van der Waals surface area contributed by atoms with Crippen LogP contribution in [0.4, 0.5) is 0 Å². The lowest BCUT2D eigenvalue weighted by molar-refractivity contribution is -0.146. The van der Waals surface area contributed by atoms with Crippen molar-refractivity contribution < 1.29 is 9.53 Å². The van der Waals surface area contributed by atoms with Crippen molar-refractivity contribution in [1.29, 1.82) is 0 Å². The maximum Gasteiger partial charge on any atom is 0.315 e. The Morgan fingerprint density at radius 2 is 1.76 bits per heavy atom. The third-order valence-electron chi connectivity index (χ3n) is 7.79. The number of rotatable bonds is 6. The number of ether oxygens (including phenoxy) is 1. The minimum Gasteiger partial charge on any atom is -0.468 e.